The van der Waals surface area contributed by atoms with Gasteiger partial charge in [0, 0.05) is 6.26 Å². The molecule has 0 radical (unpaired) electrons. The number of aliphatic hydroxyl groups is 1. The smallest absolute Gasteiger partial charge is 0.175 e. The van der Waals surface area contributed by atoms with Crippen LogP contribution in [0.25, 0.3) is 0 Å². The Balaban J connectivity index is 2.08. The van der Waals surface area contributed by atoms with Crippen LogP contribution < -0.4 is 4.74 Å². The van der Waals surface area contributed by atoms with Gasteiger partial charge in [0.05, 0.1) is 4.90 Å². The number of ether oxygens (including phenoxy) is 1. The molecule has 0 aliphatic carbocycles. The topological polar surface area (TPSA) is 63.6 Å². The van der Waals surface area contributed by atoms with Crippen LogP contribution in [0.3, 0.4) is 0 Å². The Labute approximate surface area is 144 Å². The highest BCUT2D eigenvalue weighted by Crippen LogP contribution is 2.25. The lowest BCUT2D eigenvalue weighted by molar-refractivity contribution is 0.107. The van der Waals surface area contributed by atoms with E-state index >= 15 is 0 Å². The Kier molecular flexibility index (Phi) is 5.67. The van der Waals surface area contributed by atoms with Crippen molar-refractivity contribution < 1.29 is 18.3 Å². The summed E-state index contributed by atoms with van der Waals surface area (Å²) in [7, 11) is -3.23. The molecule has 5 heteroatoms. The number of rotatable bonds is 6. The van der Waals surface area contributed by atoms with Gasteiger partial charge >= 0.3 is 0 Å². The summed E-state index contributed by atoms with van der Waals surface area (Å²) in [5.74, 6) is 1.16. The summed E-state index contributed by atoms with van der Waals surface area (Å²) < 4.78 is 28.7. The summed E-state index contributed by atoms with van der Waals surface area (Å²) in [4.78, 5) is 0.236. The predicted molar refractivity (Wildman–Crippen MR) is 95.3 cm³/mol. The number of hydrogen-bond donors (Lipinski definition) is 1. The van der Waals surface area contributed by atoms with Crippen molar-refractivity contribution in [1.29, 1.82) is 0 Å². The van der Waals surface area contributed by atoms with Crippen LogP contribution in [-0.2, 0) is 9.84 Å². The van der Waals surface area contributed by atoms with Crippen molar-refractivity contribution in [3.05, 3.63) is 59.2 Å². The normalized spacial score (nSPS) is 13.1. The highest BCUT2D eigenvalue weighted by Gasteiger charge is 2.13. The molecule has 0 heterocycles. The van der Waals surface area contributed by atoms with Gasteiger partial charge in [0.15, 0.2) is 9.84 Å². The summed E-state index contributed by atoms with van der Waals surface area (Å²) in [5.41, 5.74) is 2.82. The largest absolute Gasteiger partial charge is 0.490 e. The molecule has 0 aromatic heterocycles. The molecule has 2 rings (SSSR count). The molecule has 0 aliphatic rings. The maximum atomic E-state index is 11.5. The van der Waals surface area contributed by atoms with E-state index in [9.17, 15) is 13.5 Å². The van der Waals surface area contributed by atoms with E-state index in [0.717, 1.165) is 17.6 Å². The third kappa shape index (κ3) is 4.58. The molecule has 0 bridgehead atoms. The minimum absolute atomic E-state index is 0.112. The molecule has 0 amide bonds. The van der Waals surface area contributed by atoms with Gasteiger partial charge < -0.3 is 9.84 Å². The van der Waals surface area contributed by atoms with Crippen LogP contribution in [0.5, 0.6) is 5.75 Å². The predicted octanol–water partition coefficient (Wildman–Crippen LogP) is 3.63. The first-order valence-electron chi connectivity index (χ1n) is 7.90. The van der Waals surface area contributed by atoms with Crippen LogP contribution in [0, 0.1) is 6.92 Å². The lowest BCUT2D eigenvalue weighted by atomic mass is 10.0. The minimum atomic E-state index is -3.23. The van der Waals surface area contributed by atoms with Crippen molar-refractivity contribution in [2.75, 3.05) is 12.9 Å². The fraction of sp³-hybridized carbons (Fsp3) is 0.368. The Morgan fingerprint density at radius 2 is 1.62 bits per heavy atom. The van der Waals surface area contributed by atoms with Gasteiger partial charge in [0.25, 0.3) is 0 Å². The van der Waals surface area contributed by atoms with Crippen molar-refractivity contribution in [1.82, 2.24) is 0 Å². The van der Waals surface area contributed by atoms with Crippen LogP contribution in [0.4, 0.5) is 0 Å². The second-order valence-corrected chi connectivity index (χ2v) is 8.36. The zero-order valence-corrected chi connectivity index (χ0v) is 15.3. The average molecular weight is 348 g/mol. The van der Waals surface area contributed by atoms with E-state index in [-0.39, 0.29) is 11.5 Å². The van der Waals surface area contributed by atoms with Crippen LogP contribution in [0.1, 0.15) is 42.6 Å². The lowest BCUT2D eigenvalue weighted by Crippen LogP contribution is -2.11. The van der Waals surface area contributed by atoms with E-state index in [4.69, 9.17) is 4.74 Å². The van der Waals surface area contributed by atoms with Crippen LogP contribution in [0.2, 0.25) is 0 Å². The molecule has 0 saturated heterocycles. The molecule has 130 valence electrons. The molecule has 2 aromatic carbocycles. The second-order valence-electron chi connectivity index (χ2n) is 6.35. The Morgan fingerprint density at radius 1 is 1.04 bits per heavy atom. The third-order valence-electron chi connectivity index (χ3n) is 3.97. The molecule has 2 aromatic rings. The van der Waals surface area contributed by atoms with Gasteiger partial charge in [-0.05, 0) is 47.7 Å². The Morgan fingerprint density at radius 3 is 2.17 bits per heavy atom. The van der Waals surface area contributed by atoms with Crippen molar-refractivity contribution in [2.24, 2.45) is 0 Å². The summed E-state index contributed by atoms with van der Waals surface area (Å²) in [6.45, 7) is 6.31. The first-order chi connectivity index (χ1) is 11.2. The Bertz CT molecular complexity index is 793. The van der Waals surface area contributed by atoms with Gasteiger partial charge in [-0.15, -0.1) is 0 Å². The highest BCUT2D eigenvalue weighted by molar-refractivity contribution is 7.90. The van der Waals surface area contributed by atoms with Gasteiger partial charge in [0.2, 0.25) is 0 Å². The van der Waals surface area contributed by atoms with Crippen molar-refractivity contribution in [3.63, 3.8) is 0 Å². The number of sulfone groups is 1. The molecule has 0 spiro atoms. The quantitative estimate of drug-likeness (QED) is 0.866. The van der Waals surface area contributed by atoms with Gasteiger partial charge in [-0.1, -0.05) is 38.1 Å². The first-order valence-corrected chi connectivity index (χ1v) is 9.79. The van der Waals surface area contributed by atoms with Crippen molar-refractivity contribution in [3.8, 4) is 5.75 Å². The van der Waals surface area contributed by atoms with E-state index < -0.39 is 15.9 Å². The summed E-state index contributed by atoms with van der Waals surface area (Å²) in [5, 5.41) is 10.3. The zero-order valence-electron chi connectivity index (χ0n) is 14.5. The van der Waals surface area contributed by atoms with E-state index in [1.807, 2.05) is 19.1 Å². The molecule has 0 aliphatic heterocycles. The summed E-state index contributed by atoms with van der Waals surface area (Å²) in [6.07, 6.45) is 0.340. The van der Waals surface area contributed by atoms with E-state index in [1.165, 1.54) is 17.7 Å². The fourth-order valence-electron chi connectivity index (χ4n) is 2.33. The maximum Gasteiger partial charge on any atom is 0.175 e. The molecular weight excluding hydrogens is 324 g/mol. The van der Waals surface area contributed by atoms with Gasteiger partial charge in [-0.25, -0.2) is 8.42 Å². The molecule has 1 atom stereocenters. The van der Waals surface area contributed by atoms with Gasteiger partial charge in [-0.2, -0.15) is 0 Å². The highest BCUT2D eigenvalue weighted by atomic mass is 32.2. The molecule has 0 saturated carbocycles. The first kappa shape index (κ1) is 18.5. The summed E-state index contributed by atoms with van der Waals surface area (Å²) >= 11 is 0. The van der Waals surface area contributed by atoms with E-state index in [2.05, 4.69) is 19.9 Å². The van der Waals surface area contributed by atoms with Gasteiger partial charge in [-0.3, -0.25) is 0 Å². The monoisotopic (exact) mass is 348 g/mol. The number of hydrogen-bond acceptors (Lipinski definition) is 4. The molecule has 1 unspecified atom stereocenters. The van der Waals surface area contributed by atoms with Crippen LogP contribution >= 0.6 is 0 Å². The van der Waals surface area contributed by atoms with Crippen molar-refractivity contribution >= 4 is 9.84 Å². The molecule has 4 nitrogen and oxygen atoms in total. The Hall–Kier alpha value is -1.85. The zero-order chi connectivity index (χ0) is 17.9. The number of benzene rings is 2. The van der Waals surface area contributed by atoms with Crippen LogP contribution in [-0.4, -0.2) is 26.4 Å². The number of aliphatic hydroxyl groups excluding tert-OH is 1. The average Bonchev–Trinajstić information content (AvgIpc) is 2.52. The van der Waals surface area contributed by atoms with E-state index in [1.54, 1.807) is 12.1 Å². The third-order valence-corrected chi connectivity index (χ3v) is 5.10. The summed E-state index contributed by atoms with van der Waals surface area (Å²) in [6, 6.07) is 12.3. The van der Waals surface area contributed by atoms with Crippen molar-refractivity contribution in [2.45, 2.75) is 37.7 Å². The molecule has 0 fully saturated rings. The molecule has 1 N–H and O–H groups in total. The standard InChI is InChI=1S/C19H24O4S/c1-13(2)16-6-5-14(3)19(11-16)23-12-18(20)15-7-9-17(10-8-15)24(4,21)22/h5-11,13,18,20H,12H2,1-4H3. The SMILES string of the molecule is Cc1ccc(C(C)C)cc1OCC(O)c1ccc(S(C)(=O)=O)cc1. The lowest BCUT2D eigenvalue weighted by Gasteiger charge is -2.16. The minimum Gasteiger partial charge on any atom is -0.490 e. The molecule has 24 heavy (non-hydrogen) atoms. The fourth-order valence-corrected chi connectivity index (χ4v) is 2.96. The van der Waals surface area contributed by atoms with Crippen LogP contribution in [0.15, 0.2) is 47.4 Å². The molecular formula is C19H24O4S. The second kappa shape index (κ2) is 7.36. The number of aryl methyl sites for hydroxylation is 1. The van der Waals surface area contributed by atoms with Gasteiger partial charge in [0.1, 0.15) is 18.5 Å². The maximum absolute atomic E-state index is 11.5. The van der Waals surface area contributed by atoms with E-state index in [0.29, 0.717) is 11.5 Å².